The Kier molecular flexibility index (Phi) is 6.06. The number of methoxy groups -OCH3 is 1. The molecule has 1 aliphatic rings. The van der Waals surface area contributed by atoms with Crippen LogP contribution < -0.4 is 20.8 Å². The van der Waals surface area contributed by atoms with Gasteiger partial charge in [0.05, 0.1) is 18.6 Å². The van der Waals surface area contributed by atoms with Crippen molar-refractivity contribution < 1.29 is 9.47 Å². The molecule has 0 saturated carbocycles. The molecule has 0 fully saturated rings. The van der Waals surface area contributed by atoms with Crippen LogP contribution in [-0.2, 0) is 13.0 Å². The summed E-state index contributed by atoms with van der Waals surface area (Å²) >= 11 is 3.48. The van der Waals surface area contributed by atoms with Crippen LogP contribution in [0.15, 0.2) is 75.3 Å². The second kappa shape index (κ2) is 8.93. The van der Waals surface area contributed by atoms with Crippen LogP contribution >= 0.6 is 15.9 Å². The van der Waals surface area contributed by atoms with Crippen LogP contribution in [0.1, 0.15) is 28.3 Å². The van der Waals surface area contributed by atoms with Gasteiger partial charge in [-0.2, -0.15) is 5.26 Å². The number of fused-ring (bicyclic) bond motifs is 1. The Hall–Kier alpha value is -3.50. The number of allylic oxidation sites excluding steroid dienone is 1. The molecule has 0 bridgehead atoms. The van der Waals surface area contributed by atoms with Gasteiger partial charge in [0.1, 0.15) is 23.1 Å². The van der Waals surface area contributed by atoms with Gasteiger partial charge >= 0.3 is 0 Å². The highest BCUT2D eigenvalue weighted by atomic mass is 79.9. The molecule has 0 saturated heterocycles. The fourth-order valence-electron chi connectivity index (χ4n) is 4.09. The number of pyridine rings is 1. The third-order valence-electron chi connectivity index (χ3n) is 5.66. The molecule has 162 valence electrons. The van der Waals surface area contributed by atoms with Crippen LogP contribution in [0.5, 0.6) is 11.5 Å². The molecule has 1 unspecified atom stereocenters. The SMILES string of the molecule is COc1ccc(Br)cc1C1C(C#N)=C(N)Oc2cc(C)n(CCc3ccccc3)c(=O)c21. The first kappa shape index (κ1) is 21.7. The number of benzene rings is 2. The Balaban J connectivity index is 1.89. The van der Waals surface area contributed by atoms with Gasteiger partial charge in [0, 0.05) is 28.3 Å². The molecule has 3 aromatic rings. The smallest absolute Gasteiger partial charge is 0.258 e. The number of nitriles is 1. The van der Waals surface area contributed by atoms with Gasteiger partial charge in [-0.25, -0.2) is 0 Å². The minimum Gasteiger partial charge on any atom is -0.496 e. The summed E-state index contributed by atoms with van der Waals surface area (Å²) in [5.41, 5.74) is 9.04. The second-order valence-electron chi connectivity index (χ2n) is 7.57. The molecule has 4 rings (SSSR count). The van der Waals surface area contributed by atoms with E-state index in [2.05, 4.69) is 22.0 Å². The van der Waals surface area contributed by atoms with Crippen molar-refractivity contribution in [1.82, 2.24) is 4.57 Å². The van der Waals surface area contributed by atoms with Crippen molar-refractivity contribution >= 4 is 15.9 Å². The zero-order valence-corrected chi connectivity index (χ0v) is 19.3. The third-order valence-corrected chi connectivity index (χ3v) is 6.15. The lowest BCUT2D eigenvalue weighted by Crippen LogP contribution is -2.33. The van der Waals surface area contributed by atoms with E-state index in [1.165, 1.54) is 0 Å². The molecular formula is C25H22BrN3O3. The van der Waals surface area contributed by atoms with Gasteiger partial charge in [0.2, 0.25) is 5.88 Å². The highest BCUT2D eigenvalue weighted by Gasteiger charge is 2.36. The summed E-state index contributed by atoms with van der Waals surface area (Å²) in [5.74, 6) is 0.217. The molecule has 0 radical (unpaired) electrons. The van der Waals surface area contributed by atoms with Crippen molar-refractivity contribution in [2.24, 2.45) is 5.73 Å². The van der Waals surface area contributed by atoms with Gasteiger partial charge < -0.3 is 19.8 Å². The largest absolute Gasteiger partial charge is 0.496 e. The molecule has 2 aromatic carbocycles. The van der Waals surface area contributed by atoms with E-state index in [9.17, 15) is 10.1 Å². The molecule has 6 nitrogen and oxygen atoms in total. The molecule has 1 aliphatic heterocycles. The summed E-state index contributed by atoms with van der Waals surface area (Å²) in [6, 6.07) is 19.4. The molecule has 1 atom stereocenters. The number of hydrogen-bond acceptors (Lipinski definition) is 5. The van der Waals surface area contributed by atoms with Gasteiger partial charge in [-0.05, 0) is 37.1 Å². The van der Waals surface area contributed by atoms with E-state index in [1.54, 1.807) is 23.8 Å². The van der Waals surface area contributed by atoms with Crippen molar-refractivity contribution in [3.05, 3.63) is 103 Å². The van der Waals surface area contributed by atoms with Gasteiger partial charge in [-0.3, -0.25) is 4.79 Å². The molecule has 0 aliphatic carbocycles. The van der Waals surface area contributed by atoms with Crippen molar-refractivity contribution in [3.8, 4) is 17.6 Å². The van der Waals surface area contributed by atoms with E-state index in [1.807, 2.05) is 49.4 Å². The molecule has 2 N–H and O–H groups in total. The summed E-state index contributed by atoms with van der Waals surface area (Å²) in [4.78, 5) is 13.7. The topological polar surface area (TPSA) is 90.3 Å². The Morgan fingerprint density at radius 3 is 2.66 bits per heavy atom. The zero-order chi connectivity index (χ0) is 22.8. The van der Waals surface area contributed by atoms with Crippen LogP contribution in [0.4, 0.5) is 0 Å². The summed E-state index contributed by atoms with van der Waals surface area (Å²) in [6.45, 7) is 2.37. The summed E-state index contributed by atoms with van der Waals surface area (Å²) < 4.78 is 13.8. The summed E-state index contributed by atoms with van der Waals surface area (Å²) in [6.07, 6.45) is 0.704. The number of nitrogens with two attached hydrogens (primary N) is 1. The minimum atomic E-state index is -0.702. The van der Waals surface area contributed by atoms with Crippen LogP contribution in [0.2, 0.25) is 0 Å². The molecule has 0 spiro atoms. The average Bonchev–Trinajstić information content (AvgIpc) is 2.78. The molecule has 32 heavy (non-hydrogen) atoms. The maximum atomic E-state index is 13.7. The van der Waals surface area contributed by atoms with E-state index in [4.69, 9.17) is 15.2 Å². The highest BCUT2D eigenvalue weighted by molar-refractivity contribution is 9.10. The predicted octanol–water partition coefficient (Wildman–Crippen LogP) is 4.39. The van der Waals surface area contributed by atoms with Crippen LogP contribution in [0.3, 0.4) is 0 Å². The Morgan fingerprint density at radius 1 is 1.22 bits per heavy atom. The van der Waals surface area contributed by atoms with E-state index >= 15 is 0 Å². The number of aromatic nitrogens is 1. The summed E-state index contributed by atoms with van der Waals surface area (Å²) in [7, 11) is 1.55. The standard InChI is InChI=1S/C25H22BrN3O3/c1-15-12-21-23(25(30)29(15)11-10-16-6-4-3-5-7-16)22(19(14-27)24(28)32-21)18-13-17(26)8-9-20(18)31-2/h3-9,12-13,22H,10-11,28H2,1-2H3. The molecule has 0 amide bonds. The van der Waals surface area contributed by atoms with Crippen LogP contribution in [0.25, 0.3) is 0 Å². The molecule has 2 heterocycles. The first-order valence-electron chi connectivity index (χ1n) is 10.1. The van der Waals surface area contributed by atoms with Crippen molar-refractivity contribution in [1.29, 1.82) is 5.26 Å². The van der Waals surface area contributed by atoms with Crippen LogP contribution in [0, 0.1) is 18.3 Å². The zero-order valence-electron chi connectivity index (χ0n) is 17.8. The van der Waals surface area contributed by atoms with E-state index in [-0.39, 0.29) is 17.0 Å². The van der Waals surface area contributed by atoms with Gasteiger partial charge in [0.25, 0.3) is 5.56 Å². The Labute approximate surface area is 194 Å². The number of ether oxygens (including phenoxy) is 2. The maximum Gasteiger partial charge on any atom is 0.258 e. The van der Waals surface area contributed by atoms with Crippen molar-refractivity contribution in [2.45, 2.75) is 25.8 Å². The Bertz CT molecular complexity index is 1310. The number of aryl methyl sites for hydroxylation is 2. The maximum absolute atomic E-state index is 13.7. The van der Waals surface area contributed by atoms with Crippen LogP contribution in [-0.4, -0.2) is 11.7 Å². The fraction of sp³-hybridized carbons (Fsp3) is 0.200. The third kappa shape index (κ3) is 3.90. The lowest BCUT2D eigenvalue weighted by Gasteiger charge is -2.28. The first-order chi connectivity index (χ1) is 15.4. The van der Waals surface area contributed by atoms with Crippen molar-refractivity contribution in [3.63, 3.8) is 0 Å². The number of halogens is 1. The van der Waals surface area contributed by atoms with E-state index in [0.717, 1.165) is 15.7 Å². The van der Waals surface area contributed by atoms with Gasteiger partial charge in [0.15, 0.2) is 0 Å². The Morgan fingerprint density at radius 2 is 1.97 bits per heavy atom. The van der Waals surface area contributed by atoms with Crippen molar-refractivity contribution in [2.75, 3.05) is 7.11 Å². The average molecular weight is 492 g/mol. The van der Waals surface area contributed by atoms with E-state index in [0.29, 0.717) is 35.6 Å². The summed E-state index contributed by atoms with van der Waals surface area (Å²) in [5, 5.41) is 9.89. The monoisotopic (exact) mass is 491 g/mol. The number of hydrogen-bond donors (Lipinski definition) is 1. The number of nitrogens with zero attached hydrogens (tertiary/aromatic N) is 2. The molecule has 7 heteroatoms. The van der Waals surface area contributed by atoms with Gasteiger partial charge in [-0.1, -0.05) is 46.3 Å². The minimum absolute atomic E-state index is 0.00661. The highest BCUT2D eigenvalue weighted by Crippen LogP contribution is 2.44. The first-order valence-corrected chi connectivity index (χ1v) is 10.9. The normalized spacial score (nSPS) is 15.0. The lowest BCUT2D eigenvalue weighted by molar-refractivity contribution is 0.382. The predicted molar refractivity (Wildman–Crippen MR) is 126 cm³/mol. The molecular weight excluding hydrogens is 470 g/mol. The lowest BCUT2D eigenvalue weighted by atomic mass is 9.83. The quantitative estimate of drug-likeness (QED) is 0.571. The molecule has 1 aromatic heterocycles. The van der Waals surface area contributed by atoms with E-state index < -0.39 is 5.92 Å². The fourth-order valence-corrected chi connectivity index (χ4v) is 4.47. The second-order valence-corrected chi connectivity index (χ2v) is 8.48. The number of rotatable bonds is 5. The van der Waals surface area contributed by atoms with Gasteiger partial charge in [-0.15, -0.1) is 0 Å².